The van der Waals surface area contributed by atoms with Crippen molar-refractivity contribution in [2.24, 2.45) is 0 Å². The molecule has 0 radical (unpaired) electrons. The highest BCUT2D eigenvalue weighted by molar-refractivity contribution is 5.79. The van der Waals surface area contributed by atoms with Crippen LogP contribution in [-0.2, 0) is 45.4 Å². The number of nitrogens with zero attached hydrogens (tertiary/aromatic N) is 6. The zero-order chi connectivity index (χ0) is 38.1. The van der Waals surface area contributed by atoms with E-state index in [0.29, 0.717) is 65.4 Å². The average molecular weight is 739 g/mol. The molecule has 0 aromatic carbocycles. The fourth-order valence-corrected chi connectivity index (χ4v) is 5.16. The topological polar surface area (TPSA) is 199 Å². The van der Waals surface area contributed by atoms with Crippen LogP contribution in [0.3, 0.4) is 0 Å². The molecule has 0 saturated carbocycles. The molecule has 4 amide bonds. The highest BCUT2D eigenvalue weighted by Gasteiger charge is 2.16. The molecule has 6 N–H and O–H groups in total. The molecule has 4 aromatic rings. The number of carbonyl (C=O) groups excluding carboxylic acids is 4. The Morgan fingerprint density at radius 3 is 1.06 bits per heavy atom. The van der Waals surface area contributed by atoms with Gasteiger partial charge in [0.25, 0.3) is 0 Å². The number of hydrogen-bond donors (Lipinski definition) is 6. The van der Waals surface area contributed by atoms with E-state index in [9.17, 15) is 19.2 Å². The van der Waals surface area contributed by atoms with E-state index >= 15 is 0 Å². The summed E-state index contributed by atoms with van der Waals surface area (Å²) in [7, 11) is 0. The molecule has 0 spiro atoms. The van der Waals surface area contributed by atoms with Crippen molar-refractivity contribution >= 4 is 23.6 Å². The summed E-state index contributed by atoms with van der Waals surface area (Å²) in [5.74, 6) is -0.622. The molecular formula is C38H50N12O4. The molecule has 0 unspecified atom stereocenters. The van der Waals surface area contributed by atoms with Crippen LogP contribution in [0.15, 0.2) is 98.1 Å². The van der Waals surface area contributed by atoms with E-state index in [0.717, 1.165) is 22.3 Å². The minimum Gasteiger partial charge on any atom is -0.351 e. The number of pyridine rings is 4. The Bertz CT molecular complexity index is 1550. The molecule has 0 saturated heterocycles. The number of hydrogen-bond acceptors (Lipinski definition) is 12. The second kappa shape index (κ2) is 24.5. The van der Waals surface area contributed by atoms with Gasteiger partial charge in [-0.3, -0.25) is 48.9 Å². The van der Waals surface area contributed by atoms with Gasteiger partial charge in [-0.2, -0.15) is 0 Å². The van der Waals surface area contributed by atoms with E-state index in [-0.39, 0.29) is 49.8 Å². The Balaban J connectivity index is 1.29. The van der Waals surface area contributed by atoms with E-state index in [1.807, 2.05) is 58.3 Å². The smallest absolute Gasteiger partial charge is 0.234 e. The highest BCUT2D eigenvalue weighted by Crippen LogP contribution is 1.99. The zero-order valence-corrected chi connectivity index (χ0v) is 30.5. The zero-order valence-electron chi connectivity index (χ0n) is 30.5. The van der Waals surface area contributed by atoms with Crippen LogP contribution < -0.4 is 31.9 Å². The summed E-state index contributed by atoms with van der Waals surface area (Å²) in [6, 6.07) is 14.8. The van der Waals surface area contributed by atoms with E-state index in [4.69, 9.17) is 0 Å². The van der Waals surface area contributed by atoms with Crippen molar-refractivity contribution in [3.63, 3.8) is 0 Å². The van der Waals surface area contributed by atoms with Crippen LogP contribution in [0.5, 0.6) is 0 Å². The van der Waals surface area contributed by atoms with E-state index in [1.54, 1.807) is 49.6 Å². The molecular weight excluding hydrogens is 688 g/mol. The summed E-state index contributed by atoms with van der Waals surface area (Å²) in [6.45, 7) is 4.74. The maximum absolute atomic E-state index is 13.1. The van der Waals surface area contributed by atoms with E-state index < -0.39 is 0 Å². The predicted octanol–water partition coefficient (Wildman–Crippen LogP) is -0.385. The van der Waals surface area contributed by atoms with Crippen molar-refractivity contribution in [1.29, 1.82) is 0 Å². The second-order valence-electron chi connectivity index (χ2n) is 12.5. The minimum atomic E-state index is -0.159. The Kier molecular flexibility index (Phi) is 18.7. The largest absolute Gasteiger partial charge is 0.351 e. The van der Waals surface area contributed by atoms with Crippen LogP contribution in [0.2, 0.25) is 0 Å². The predicted molar refractivity (Wildman–Crippen MR) is 203 cm³/mol. The number of aromatic nitrogens is 4. The van der Waals surface area contributed by atoms with E-state index in [2.05, 4.69) is 51.8 Å². The Hall–Kier alpha value is -5.68. The summed E-state index contributed by atoms with van der Waals surface area (Å²) < 4.78 is 0. The van der Waals surface area contributed by atoms with Crippen LogP contribution in [0.25, 0.3) is 0 Å². The van der Waals surface area contributed by atoms with Crippen molar-refractivity contribution < 1.29 is 19.2 Å². The molecule has 0 fully saturated rings. The third-order valence-electron chi connectivity index (χ3n) is 8.10. The first-order valence-electron chi connectivity index (χ1n) is 17.9. The van der Waals surface area contributed by atoms with Crippen molar-refractivity contribution in [3.8, 4) is 0 Å². The summed E-state index contributed by atoms with van der Waals surface area (Å²) in [6.07, 6.45) is 13.5. The first kappa shape index (κ1) is 41.1. The molecule has 16 nitrogen and oxygen atoms in total. The van der Waals surface area contributed by atoms with Gasteiger partial charge >= 0.3 is 0 Å². The fourth-order valence-electron chi connectivity index (χ4n) is 5.16. The molecule has 4 aromatic heterocycles. The Morgan fingerprint density at radius 2 is 0.759 bits per heavy atom. The SMILES string of the molecule is O=C(CNCCN(CCN(CCNCC(=O)NCc1cccnc1)CC(=O)NCc1cccnc1)CC(=O)NCc1cccnc1)NCc1cccnc1. The summed E-state index contributed by atoms with van der Waals surface area (Å²) >= 11 is 0. The Labute approximate surface area is 316 Å². The molecule has 0 aliphatic heterocycles. The van der Waals surface area contributed by atoms with Crippen LogP contribution in [0.4, 0.5) is 0 Å². The first-order chi connectivity index (χ1) is 26.4. The van der Waals surface area contributed by atoms with Crippen LogP contribution in [0.1, 0.15) is 22.3 Å². The standard InChI is InChI=1S/C38H50N12O4/c51-35(45-23-31-5-1-9-39-19-31)27-43-13-15-49(29-37(53)47-25-33-7-3-11-41-21-33)17-18-50(30-38(54)48-26-34-8-4-12-42-22-34)16-14-44-28-36(52)46-24-32-6-2-10-40-20-32/h1-12,19-22,43-44H,13-18,23-30H2,(H,45,51)(H,46,52)(H,47,53)(H,48,54). The lowest BCUT2D eigenvalue weighted by molar-refractivity contribution is -0.124. The van der Waals surface area contributed by atoms with Crippen LogP contribution in [-0.4, -0.2) is 119 Å². The second-order valence-corrected chi connectivity index (χ2v) is 12.5. The van der Waals surface area contributed by atoms with Crippen LogP contribution in [0, 0.1) is 0 Å². The monoisotopic (exact) mass is 738 g/mol. The fraction of sp³-hybridized carbons (Fsp3) is 0.368. The quantitative estimate of drug-likeness (QED) is 0.0483. The van der Waals surface area contributed by atoms with Gasteiger partial charge in [0.1, 0.15) is 0 Å². The third-order valence-corrected chi connectivity index (χ3v) is 8.10. The molecule has 0 bridgehead atoms. The summed E-state index contributed by atoms with van der Waals surface area (Å²) in [5, 5.41) is 18.0. The number of rotatable bonds is 25. The molecule has 0 aliphatic carbocycles. The lowest BCUT2D eigenvalue weighted by atomic mass is 10.3. The van der Waals surface area contributed by atoms with Gasteiger partial charge in [0.15, 0.2) is 0 Å². The van der Waals surface area contributed by atoms with Crippen molar-refractivity contribution in [2.75, 3.05) is 65.4 Å². The maximum atomic E-state index is 13.1. The molecule has 0 atom stereocenters. The van der Waals surface area contributed by atoms with Gasteiger partial charge in [-0.25, -0.2) is 0 Å². The first-order valence-corrected chi connectivity index (χ1v) is 17.9. The van der Waals surface area contributed by atoms with Gasteiger partial charge in [-0.1, -0.05) is 24.3 Å². The van der Waals surface area contributed by atoms with Gasteiger partial charge in [0.05, 0.1) is 26.2 Å². The summed E-state index contributed by atoms with van der Waals surface area (Å²) in [4.78, 5) is 71.3. The lowest BCUT2D eigenvalue weighted by Crippen LogP contribution is -2.47. The van der Waals surface area contributed by atoms with Gasteiger partial charge in [0.2, 0.25) is 23.6 Å². The molecule has 54 heavy (non-hydrogen) atoms. The van der Waals surface area contributed by atoms with Gasteiger partial charge in [-0.05, 0) is 46.5 Å². The van der Waals surface area contributed by atoms with Crippen LogP contribution >= 0.6 is 0 Å². The number of carbonyl (C=O) groups is 4. The molecule has 4 heterocycles. The summed E-state index contributed by atoms with van der Waals surface area (Å²) in [5.41, 5.74) is 3.59. The molecule has 286 valence electrons. The third kappa shape index (κ3) is 17.7. The lowest BCUT2D eigenvalue weighted by Gasteiger charge is -2.27. The highest BCUT2D eigenvalue weighted by atomic mass is 16.2. The van der Waals surface area contributed by atoms with Crippen molar-refractivity contribution in [2.45, 2.75) is 26.2 Å². The number of nitrogens with one attached hydrogen (secondary N) is 6. The normalized spacial score (nSPS) is 10.9. The average Bonchev–Trinajstić information content (AvgIpc) is 3.21. The van der Waals surface area contributed by atoms with Crippen molar-refractivity contribution in [1.82, 2.24) is 61.6 Å². The Morgan fingerprint density at radius 1 is 0.444 bits per heavy atom. The van der Waals surface area contributed by atoms with E-state index in [1.165, 1.54) is 0 Å². The number of amides is 4. The van der Waals surface area contributed by atoms with Crippen molar-refractivity contribution in [3.05, 3.63) is 120 Å². The molecule has 4 rings (SSSR count). The maximum Gasteiger partial charge on any atom is 0.234 e. The van der Waals surface area contributed by atoms with Gasteiger partial charge in [-0.15, -0.1) is 0 Å². The van der Waals surface area contributed by atoms with Gasteiger partial charge in [0, 0.05) is 115 Å². The molecule has 0 aliphatic rings. The minimum absolute atomic E-state index is 0.117. The van der Waals surface area contributed by atoms with Gasteiger partial charge < -0.3 is 31.9 Å². The molecule has 16 heteroatoms.